The average Bonchev–Trinajstić information content (AvgIpc) is 2.97. The molecule has 4 nitrogen and oxygen atoms in total. The second-order valence-corrected chi connectivity index (χ2v) is 5.85. The summed E-state index contributed by atoms with van der Waals surface area (Å²) >= 11 is 0. The molecule has 0 atom stereocenters. The summed E-state index contributed by atoms with van der Waals surface area (Å²) in [7, 11) is 0. The zero-order chi connectivity index (χ0) is 16.4. The van der Waals surface area contributed by atoms with Gasteiger partial charge in [0.15, 0.2) is 0 Å². The summed E-state index contributed by atoms with van der Waals surface area (Å²) in [6, 6.07) is 12.1. The molecule has 0 aliphatic heterocycles. The Balaban J connectivity index is 1.75. The zero-order valence-electron chi connectivity index (χ0n) is 13.8. The summed E-state index contributed by atoms with van der Waals surface area (Å²) < 4.78 is 2.10. The molecule has 0 saturated carbocycles. The Bertz CT molecular complexity index is 864. The Hall–Kier alpha value is -2.62. The highest BCUT2D eigenvalue weighted by Gasteiger charge is 2.09. The van der Waals surface area contributed by atoms with Crippen LogP contribution in [0, 0.1) is 13.8 Å². The van der Waals surface area contributed by atoms with Gasteiger partial charge in [0.2, 0.25) is 0 Å². The number of rotatable bonds is 4. The Labute approximate surface area is 136 Å². The van der Waals surface area contributed by atoms with Crippen LogP contribution >= 0.6 is 0 Å². The first-order valence-corrected chi connectivity index (χ1v) is 7.87. The lowest BCUT2D eigenvalue weighted by molar-refractivity contribution is 0.0950. The largest absolute Gasteiger partial charge is 0.348 e. The molecule has 23 heavy (non-hydrogen) atoms. The number of imidazole rings is 1. The van der Waals surface area contributed by atoms with Gasteiger partial charge in [0.25, 0.3) is 5.91 Å². The van der Waals surface area contributed by atoms with Gasteiger partial charge in [-0.1, -0.05) is 23.8 Å². The fourth-order valence-corrected chi connectivity index (χ4v) is 2.73. The van der Waals surface area contributed by atoms with Gasteiger partial charge in [0.1, 0.15) is 0 Å². The molecule has 1 N–H and O–H groups in total. The minimum absolute atomic E-state index is 0.0367. The second-order valence-electron chi connectivity index (χ2n) is 5.85. The Morgan fingerprint density at radius 3 is 2.78 bits per heavy atom. The van der Waals surface area contributed by atoms with Crippen molar-refractivity contribution in [2.24, 2.45) is 0 Å². The van der Waals surface area contributed by atoms with E-state index in [1.807, 2.05) is 50.5 Å². The van der Waals surface area contributed by atoms with E-state index in [1.165, 1.54) is 0 Å². The fourth-order valence-electron chi connectivity index (χ4n) is 2.73. The van der Waals surface area contributed by atoms with Crippen LogP contribution in [-0.4, -0.2) is 15.5 Å². The van der Waals surface area contributed by atoms with Crippen LogP contribution in [0.3, 0.4) is 0 Å². The maximum atomic E-state index is 12.4. The third-order valence-electron chi connectivity index (χ3n) is 4.12. The van der Waals surface area contributed by atoms with Gasteiger partial charge >= 0.3 is 0 Å². The van der Waals surface area contributed by atoms with Crippen molar-refractivity contribution in [3.63, 3.8) is 0 Å². The first-order chi connectivity index (χ1) is 11.1. The number of carbonyl (C=O) groups is 1. The number of hydrogen-bond acceptors (Lipinski definition) is 2. The smallest absolute Gasteiger partial charge is 0.251 e. The molecule has 0 aliphatic rings. The molecule has 3 rings (SSSR count). The molecule has 2 aromatic carbocycles. The van der Waals surface area contributed by atoms with Crippen molar-refractivity contribution < 1.29 is 4.79 Å². The van der Waals surface area contributed by atoms with E-state index in [0.29, 0.717) is 6.54 Å². The van der Waals surface area contributed by atoms with Crippen molar-refractivity contribution in [2.45, 2.75) is 33.9 Å². The number of amides is 1. The van der Waals surface area contributed by atoms with E-state index < -0.39 is 0 Å². The van der Waals surface area contributed by atoms with Gasteiger partial charge in [-0.25, -0.2) is 4.98 Å². The molecule has 3 aromatic rings. The Morgan fingerprint density at radius 1 is 1.17 bits per heavy atom. The number of fused-ring (bicyclic) bond motifs is 1. The van der Waals surface area contributed by atoms with E-state index in [2.05, 4.69) is 27.9 Å². The van der Waals surface area contributed by atoms with E-state index in [-0.39, 0.29) is 5.91 Å². The van der Waals surface area contributed by atoms with Crippen molar-refractivity contribution in [2.75, 3.05) is 0 Å². The molecule has 0 aliphatic carbocycles. The number of carbonyl (C=O) groups excluding carboxylic acids is 1. The highest BCUT2D eigenvalue weighted by molar-refractivity contribution is 5.95. The molecule has 1 aromatic heterocycles. The standard InChI is InChI=1S/C19H21N3O/c1-4-22-12-21-17-10-15(7-8-18(17)22)11-20-19(23)16-9-13(2)5-6-14(16)3/h5-10,12H,4,11H2,1-3H3,(H,20,23). The summed E-state index contributed by atoms with van der Waals surface area (Å²) in [5, 5.41) is 3.00. The van der Waals surface area contributed by atoms with Crippen molar-refractivity contribution >= 4 is 16.9 Å². The number of hydrogen-bond donors (Lipinski definition) is 1. The SMILES string of the molecule is CCn1cnc2cc(CNC(=O)c3cc(C)ccc3C)ccc21. The fraction of sp³-hybridized carbons (Fsp3) is 0.263. The van der Waals surface area contributed by atoms with Crippen LogP contribution in [0.5, 0.6) is 0 Å². The lowest BCUT2D eigenvalue weighted by atomic mass is 10.0. The molecule has 0 unspecified atom stereocenters. The third kappa shape index (κ3) is 3.11. The van der Waals surface area contributed by atoms with Gasteiger partial charge < -0.3 is 9.88 Å². The van der Waals surface area contributed by atoms with E-state index in [0.717, 1.165) is 39.8 Å². The van der Waals surface area contributed by atoms with Gasteiger partial charge in [-0.2, -0.15) is 0 Å². The van der Waals surface area contributed by atoms with Crippen LogP contribution in [0.4, 0.5) is 0 Å². The molecular formula is C19H21N3O. The summed E-state index contributed by atoms with van der Waals surface area (Å²) in [4.78, 5) is 16.8. The molecule has 1 amide bonds. The van der Waals surface area contributed by atoms with Gasteiger partial charge in [-0.15, -0.1) is 0 Å². The Kier molecular flexibility index (Phi) is 4.15. The first-order valence-electron chi connectivity index (χ1n) is 7.87. The van der Waals surface area contributed by atoms with Gasteiger partial charge in [-0.3, -0.25) is 4.79 Å². The van der Waals surface area contributed by atoms with Crippen molar-refractivity contribution in [3.8, 4) is 0 Å². The third-order valence-corrected chi connectivity index (χ3v) is 4.12. The quantitative estimate of drug-likeness (QED) is 0.800. The highest BCUT2D eigenvalue weighted by Crippen LogP contribution is 2.15. The molecule has 0 spiro atoms. The molecule has 0 saturated heterocycles. The first kappa shape index (κ1) is 15.3. The highest BCUT2D eigenvalue weighted by atomic mass is 16.1. The number of aryl methyl sites for hydroxylation is 3. The predicted molar refractivity (Wildman–Crippen MR) is 92.5 cm³/mol. The van der Waals surface area contributed by atoms with Gasteiger partial charge in [-0.05, 0) is 50.1 Å². The summed E-state index contributed by atoms with van der Waals surface area (Å²) in [5.74, 6) is -0.0367. The maximum Gasteiger partial charge on any atom is 0.251 e. The van der Waals surface area contributed by atoms with E-state index in [9.17, 15) is 4.79 Å². The number of nitrogens with one attached hydrogen (secondary N) is 1. The van der Waals surface area contributed by atoms with Crippen molar-refractivity contribution in [1.29, 1.82) is 0 Å². The van der Waals surface area contributed by atoms with Crippen LogP contribution in [-0.2, 0) is 13.1 Å². The minimum atomic E-state index is -0.0367. The van der Waals surface area contributed by atoms with E-state index in [4.69, 9.17) is 0 Å². The number of benzene rings is 2. The minimum Gasteiger partial charge on any atom is -0.348 e. The molecule has 1 heterocycles. The van der Waals surface area contributed by atoms with Crippen LogP contribution in [0.25, 0.3) is 11.0 Å². The molecule has 118 valence electrons. The van der Waals surface area contributed by atoms with Gasteiger partial charge in [0.05, 0.1) is 17.4 Å². The lowest BCUT2D eigenvalue weighted by Crippen LogP contribution is -2.23. The average molecular weight is 307 g/mol. The number of aromatic nitrogens is 2. The topological polar surface area (TPSA) is 46.9 Å². The monoisotopic (exact) mass is 307 g/mol. The maximum absolute atomic E-state index is 12.4. The van der Waals surface area contributed by atoms with Crippen molar-refractivity contribution in [3.05, 3.63) is 65.0 Å². The number of nitrogens with zero attached hydrogens (tertiary/aromatic N) is 2. The van der Waals surface area contributed by atoms with Crippen LogP contribution in [0.1, 0.15) is 34.0 Å². The molecular weight excluding hydrogens is 286 g/mol. The van der Waals surface area contributed by atoms with Crippen molar-refractivity contribution in [1.82, 2.24) is 14.9 Å². The molecule has 4 heteroatoms. The van der Waals surface area contributed by atoms with Gasteiger partial charge in [0, 0.05) is 18.7 Å². The van der Waals surface area contributed by atoms with E-state index in [1.54, 1.807) is 0 Å². The second kappa shape index (κ2) is 6.24. The summed E-state index contributed by atoms with van der Waals surface area (Å²) in [6.07, 6.45) is 1.85. The molecule has 0 fully saturated rings. The Morgan fingerprint density at radius 2 is 2.00 bits per heavy atom. The summed E-state index contributed by atoms with van der Waals surface area (Å²) in [5.41, 5.74) is 5.96. The molecule has 0 radical (unpaired) electrons. The molecule has 0 bridgehead atoms. The lowest BCUT2D eigenvalue weighted by Gasteiger charge is -2.09. The predicted octanol–water partition coefficient (Wildman–Crippen LogP) is 3.60. The normalized spacial score (nSPS) is 10.9. The van der Waals surface area contributed by atoms with E-state index >= 15 is 0 Å². The van der Waals surface area contributed by atoms with Crippen LogP contribution in [0.15, 0.2) is 42.7 Å². The zero-order valence-corrected chi connectivity index (χ0v) is 13.8. The van der Waals surface area contributed by atoms with Crippen LogP contribution in [0.2, 0.25) is 0 Å². The van der Waals surface area contributed by atoms with Crippen LogP contribution < -0.4 is 5.32 Å². The summed E-state index contributed by atoms with van der Waals surface area (Å²) in [6.45, 7) is 7.45.